The number of hydrogen-bond acceptors (Lipinski definition) is 5. The van der Waals surface area contributed by atoms with Gasteiger partial charge in [0.05, 0.1) is 4.90 Å². The normalized spacial score (nSPS) is 12.6. The average Bonchev–Trinajstić information content (AvgIpc) is 2.23. The second kappa shape index (κ2) is 6.03. The van der Waals surface area contributed by atoms with Gasteiger partial charge in [-0.2, -0.15) is 0 Å². The predicted molar refractivity (Wildman–Crippen MR) is 69.7 cm³/mol. The second-order valence-electron chi connectivity index (χ2n) is 5.13. The van der Waals surface area contributed by atoms with Crippen molar-refractivity contribution in [1.29, 1.82) is 0 Å². The molecule has 0 heterocycles. The molecular weight excluding hydrogens is 327 g/mol. The van der Waals surface area contributed by atoms with Gasteiger partial charge in [0.2, 0.25) is 0 Å². The van der Waals surface area contributed by atoms with Crippen LogP contribution in [0.2, 0.25) is 0 Å². The highest BCUT2D eigenvalue weighted by Crippen LogP contribution is 2.24. The number of benzene rings is 1. The van der Waals surface area contributed by atoms with Crippen LogP contribution in [0.25, 0.3) is 0 Å². The molecule has 0 saturated carbocycles. The molecule has 0 fully saturated rings. The monoisotopic (exact) mass is 341 g/mol. The van der Waals surface area contributed by atoms with Crippen molar-refractivity contribution in [3.8, 4) is 5.75 Å². The highest BCUT2D eigenvalue weighted by atomic mass is 32.2. The smallest absolute Gasteiger partial charge is 0.443 e. The fourth-order valence-corrected chi connectivity index (χ4v) is 2.21. The summed E-state index contributed by atoms with van der Waals surface area (Å²) in [5.74, 6) is -0.723. The van der Waals surface area contributed by atoms with Crippen LogP contribution in [0.15, 0.2) is 29.2 Å². The Labute approximate surface area is 125 Å². The zero-order valence-corrected chi connectivity index (χ0v) is 12.7. The maximum atomic E-state index is 12.1. The van der Waals surface area contributed by atoms with Crippen molar-refractivity contribution in [2.75, 3.05) is 0 Å². The summed E-state index contributed by atoms with van der Waals surface area (Å²) in [6.07, 6.45) is -6.20. The third-order valence-corrected chi connectivity index (χ3v) is 3.28. The summed E-state index contributed by atoms with van der Waals surface area (Å²) in [6, 6.07) is 3.63. The van der Waals surface area contributed by atoms with Crippen LogP contribution in [0, 0.1) is 0 Å². The molecule has 1 aromatic carbocycles. The van der Waals surface area contributed by atoms with Crippen molar-refractivity contribution in [3.63, 3.8) is 0 Å². The van der Waals surface area contributed by atoms with E-state index in [1.54, 1.807) is 4.72 Å². The Balaban J connectivity index is 2.94. The molecule has 1 N–H and O–H groups in total. The summed E-state index contributed by atoms with van der Waals surface area (Å²) >= 11 is 0. The highest BCUT2D eigenvalue weighted by molar-refractivity contribution is 7.90. The summed E-state index contributed by atoms with van der Waals surface area (Å²) < 4.78 is 70.1. The molecule has 1 aromatic rings. The first-order chi connectivity index (χ1) is 9.78. The number of nitrogens with one attached hydrogen (secondary N) is 1. The first-order valence-electron chi connectivity index (χ1n) is 5.90. The van der Waals surface area contributed by atoms with Gasteiger partial charge in [-0.1, -0.05) is 6.07 Å². The van der Waals surface area contributed by atoms with Gasteiger partial charge in [-0.05, 0) is 32.9 Å². The molecule has 0 aromatic heterocycles. The summed E-state index contributed by atoms with van der Waals surface area (Å²) in [6.45, 7) is 4.57. The van der Waals surface area contributed by atoms with Gasteiger partial charge in [0.25, 0.3) is 10.0 Å². The third kappa shape index (κ3) is 6.20. The number of ether oxygens (including phenoxy) is 2. The van der Waals surface area contributed by atoms with Crippen LogP contribution in [0.3, 0.4) is 0 Å². The van der Waals surface area contributed by atoms with E-state index in [2.05, 4.69) is 4.74 Å². The number of sulfonamides is 1. The highest BCUT2D eigenvalue weighted by Gasteiger charge is 2.31. The number of hydrogen-bond donors (Lipinski definition) is 1. The maximum absolute atomic E-state index is 12.1. The summed E-state index contributed by atoms with van der Waals surface area (Å²) in [5, 5.41) is 0. The van der Waals surface area contributed by atoms with Crippen molar-refractivity contribution >= 4 is 16.1 Å². The lowest BCUT2D eigenvalue weighted by molar-refractivity contribution is -0.274. The van der Waals surface area contributed by atoms with Crippen molar-refractivity contribution in [2.24, 2.45) is 0 Å². The van der Waals surface area contributed by atoms with Crippen LogP contribution in [0.1, 0.15) is 20.8 Å². The molecule has 0 atom stereocenters. The van der Waals surface area contributed by atoms with Gasteiger partial charge in [-0.25, -0.2) is 17.9 Å². The molecule has 10 heteroatoms. The van der Waals surface area contributed by atoms with E-state index < -0.39 is 38.7 Å². The Morgan fingerprint density at radius 1 is 1.18 bits per heavy atom. The van der Waals surface area contributed by atoms with Crippen molar-refractivity contribution < 1.29 is 35.9 Å². The zero-order valence-electron chi connectivity index (χ0n) is 11.9. The quantitative estimate of drug-likeness (QED) is 0.914. The van der Waals surface area contributed by atoms with Gasteiger partial charge in [-0.15, -0.1) is 13.2 Å². The van der Waals surface area contributed by atoms with Crippen LogP contribution in [0.5, 0.6) is 5.75 Å². The first kappa shape index (κ1) is 18.1. The Morgan fingerprint density at radius 2 is 1.77 bits per heavy atom. The number of amides is 1. The fourth-order valence-electron chi connectivity index (χ4n) is 1.31. The third-order valence-electron chi connectivity index (χ3n) is 1.97. The molecule has 0 radical (unpaired) electrons. The zero-order chi connectivity index (χ0) is 17.2. The van der Waals surface area contributed by atoms with E-state index >= 15 is 0 Å². The van der Waals surface area contributed by atoms with E-state index in [1.807, 2.05) is 0 Å². The Kier molecular flexibility index (Phi) is 4.96. The van der Waals surface area contributed by atoms with Crippen LogP contribution in [0.4, 0.5) is 18.0 Å². The second-order valence-corrected chi connectivity index (χ2v) is 6.81. The molecule has 0 aliphatic rings. The fraction of sp³-hybridized carbons (Fsp3) is 0.417. The lowest BCUT2D eigenvalue weighted by Crippen LogP contribution is -2.36. The van der Waals surface area contributed by atoms with E-state index in [4.69, 9.17) is 4.74 Å². The van der Waals surface area contributed by atoms with Crippen molar-refractivity contribution in [3.05, 3.63) is 24.3 Å². The Morgan fingerprint density at radius 3 is 2.27 bits per heavy atom. The van der Waals surface area contributed by atoms with Crippen LogP contribution < -0.4 is 9.46 Å². The van der Waals surface area contributed by atoms with Gasteiger partial charge < -0.3 is 9.47 Å². The topological polar surface area (TPSA) is 81.7 Å². The molecule has 1 rings (SSSR count). The van der Waals surface area contributed by atoms with Gasteiger partial charge in [0, 0.05) is 6.07 Å². The molecule has 22 heavy (non-hydrogen) atoms. The largest absolute Gasteiger partial charge is 0.573 e. The standard InChI is InChI=1S/C12H14F3NO5S/c1-11(2,3)21-10(17)16-22(18,19)9-6-4-5-8(7-9)20-12(13,14)15/h4-7H,1-3H3,(H,16,17). The van der Waals surface area contributed by atoms with Crippen LogP contribution >= 0.6 is 0 Å². The molecule has 0 saturated heterocycles. The molecule has 1 amide bonds. The molecular formula is C12H14F3NO5S. The molecule has 0 spiro atoms. The van der Waals surface area contributed by atoms with Crippen LogP contribution in [-0.2, 0) is 14.8 Å². The molecule has 0 bridgehead atoms. The minimum Gasteiger partial charge on any atom is -0.443 e. The van der Waals surface area contributed by atoms with Gasteiger partial charge >= 0.3 is 12.5 Å². The number of alkyl halides is 3. The van der Waals surface area contributed by atoms with E-state index in [0.717, 1.165) is 18.2 Å². The Hall–Kier alpha value is -1.97. The summed E-state index contributed by atoms with van der Waals surface area (Å²) in [7, 11) is -4.38. The van der Waals surface area contributed by atoms with Gasteiger partial charge in [0.15, 0.2) is 0 Å². The molecule has 0 aliphatic carbocycles. The minimum absolute atomic E-state index is 0.569. The molecule has 124 valence electrons. The minimum atomic E-state index is -4.96. The van der Waals surface area contributed by atoms with E-state index in [9.17, 15) is 26.4 Å². The number of carbonyl (C=O) groups excluding carboxylic acids is 1. The van der Waals surface area contributed by atoms with Crippen molar-refractivity contribution in [2.45, 2.75) is 37.6 Å². The SMILES string of the molecule is CC(C)(C)OC(=O)NS(=O)(=O)c1cccc(OC(F)(F)F)c1. The Bertz CT molecular complexity index is 649. The number of halogens is 3. The average molecular weight is 341 g/mol. The van der Waals surface area contributed by atoms with E-state index in [1.165, 1.54) is 20.8 Å². The number of rotatable bonds is 3. The summed E-state index contributed by atoms with van der Waals surface area (Å²) in [5.41, 5.74) is -0.930. The van der Waals surface area contributed by atoms with E-state index in [0.29, 0.717) is 6.07 Å². The molecule has 0 unspecified atom stereocenters. The predicted octanol–water partition coefficient (Wildman–Crippen LogP) is 2.80. The molecule has 0 aliphatic heterocycles. The number of carbonyl (C=O) groups is 1. The summed E-state index contributed by atoms with van der Waals surface area (Å²) in [4.78, 5) is 10.9. The maximum Gasteiger partial charge on any atom is 0.573 e. The van der Waals surface area contributed by atoms with E-state index in [-0.39, 0.29) is 0 Å². The van der Waals surface area contributed by atoms with Gasteiger partial charge in [-0.3, -0.25) is 0 Å². The molecule has 6 nitrogen and oxygen atoms in total. The first-order valence-corrected chi connectivity index (χ1v) is 7.38. The lowest BCUT2D eigenvalue weighted by atomic mass is 10.2. The van der Waals surface area contributed by atoms with Crippen LogP contribution in [-0.4, -0.2) is 26.5 Å². The van der Waals surface area contributed by atoms with Gasteiger partial charge in [0.1, 0.15) is 11.4 Å². The van der Waals surface area contributed by atoms with Crippen molar-refractivity contribution in [1.82, 2.24) is 4.72 Å². The lowest BCUT2D eigenvalue weighted by Gasteiger charge is -2.19.